The molecule has 1 fully saturated rings. The number of hydrogen-bond donors (Lipinski definition) is 2. The highest BCUT2D eigenvalue weighted by Crippen LogP contribution is 2.45. The lowest BCUT2D eigenvalue weighted by Crippen LogP contribution is -2.60. The Bertz CT molecular complexity index is 1120. The second kappa shape index (κ2) is 10.5. The molecule has 8 nitrogen and oxygen atoms in total. The zero-order valence-electron chi connectivity index (χ0n) is 21.4. The van der Waals surface area contributed by atoms with Crippen molar-refractivity contribution in [1.82, 2.24) is 20.2 Å². The number of benzene rings is 1. The topological polar surface area (TPSA) is 98.7 Å². The summed E-state index contributed by atoms with van der Waals surface area (Å²) in [6, 6.07) is 6.39. The van der Waals surface area contributed by atoms with E-state index in [1.54, 1.807) is 23.4 Å². The summed E-state index contributed by atoms with van der Waals surface area (Å²) in [5.74, 6) is 1.25. The van der Waals surface area contributed by atoms with Crippen LogP contribution in [0, 0.1) is 5.41 Å². The van der Waals surface area contributed by atoms with Gasteiger partial charge in [0.1, 0.15) is 18.2 Å². The number of rotatable bonds is 5. The van der Waals surface area contributed by atoms with Crippen molar-refractivity contribution in [1.29, 1.82) is 0 Å². The highest BCUT2D eigenvalue weighted by Gasteiger charge is 2.42. The van der Waals surface area contributed by atoms with Gasteiger partial charge in [-0.15, -0.1) is 11.8 Å². The van der Waals surface area contributed by atoms with Gasteiger partial charge in [-0.1, -0.05) is 44.5 Å². The fourth-order valence-corrected chi connectivity index (χ4v) is 6.59. The normalized spacial score (nSPS) is 21.6. The Morgan fingerprint density at radius 3 is 2.47 bits per heavy atom. The van der Waals surface area contributed by atoms with Gasteiger partial charge < -0.3 is 20.2 Å². The Labute approximate surface area is 221 Å². The van der Waals surface area contributed by atoms with E-state index < -0.39 is 12.1 Å². The standard InChI is InChI=1S/C26H34ClN5O3S/c1-15-12-31(10-11-32(15)23-20-16(2)36-13-19(20)28-14-29-23)24(33)22(30-25(34)35)21(26(3,4)5)17-6-8-18(27)9-7-17/h6-9,14-16,21-22,30H,10-13H2,1-5H3,(H,34,35)/t15-,16-,21+,22?/m0/s1. The number of hydrogen-bond acceptors (Lipinski definition) is 6. The first kappa shape index (κ1) is 26.5. The number of nitrogens with zero attached hydrogens (tertiary/aromatic N) is 4. The first-order valence-corrected chi connectivity index (χ1v) is 13.7. The number of carbonyl (C=O) groups excluding carboxylic acids is 1. The van der Waals surface area contributed by atoms with Gasteiger partial charge in [0, 0.05) is 53.2 Å². The van der Waals surface area contributed by atoms with Crippen LogP contribution < -0.4 is 10.2 Å². The number of halogens is 1. The number of carbonyl (C=O) groups is 2. The van der Waals surface area contributed by atoms with Crippen LogP contribution in [0.3, 0.4) is 0 Å². The smallest absolute Gasteiger partial charge is 0.405 e. The molecule has 0 radical (unpaired) electrons. The molecule has 1 saturated heterocycles. The molecule has 1 aromatic heterocycles. The van der Waals surface area contributed by atoms with Crippen LogP contribution in [0.1, 0.15) is 62.6 Å². The zero-order chi connectivity index (χ0) is 26.2. The van der Waals surface area contributed by atoms with Gasteiger partial charge in [0.2, 0.25) is 5.91 Å². The van der Waals surface area contributed by atoms with Crippen molar-refractivity contribution >= 4 is 41.2 Å². The number of fused-ring (bicyclic) bond motifs is 1. The quantitative estimate of drug-likeness (QED) is 0.563. The Hall–Kier alpha value is -2.52. The first-order valence-electron chi connectivity index (χ1n) is 12.2. The number of piperazine rings is 1. The lowest BCUT2D eigenvalue weighted by molar-refractivity contribution is -0.135. The minimum atomic E-state index is -1.22. The second-order valence-electron chi connectivity index (χ2n) is 10.7. The Morgan fingerprint density at radius 1 is 1.17 bits per heavy atom. The predicted octanol–water partition coefficient (Wildman–Crippen LogP) is 4.94. The van der Waals surface area contributed by atoms with E-state index in [4.69, 9.17) is 11.6 Å². The van der Waals surface area contributed by atoms with E-state index in [1.165, 1.54) is 5.56 Å². The number of aromatic nitrogens is 2. The third-order valence-corrected chi connectivity index (χ3v) is 8.50. The summed E-state index contributed by atoms with van der Waals surface area (Å²) >= 11 is 7.96. The van der Waals surface area contributed by atoms with Gasteiger partial charge in [0.05, 0.1) is 5.69 Å². The Kier molecular flexibility index (Phi) is 7.71. The van der Waals surface area contributed by atoms with Crippen LogP contribution >= 0.6 is 23.4 Å². The summed E-state index contributed by atoms with van der Waals surface area (Å²) in [4.78, 5) is 38.9. The molecular weight excluding hydrogens is 498 g/mol. The fraction of sp³-hybridized carbons (Fsp3) is 0.538. The summed E-state index contributed by atoms with van der Waals surface area (Å²) in [6.07, 6.45) is 0.412. The monoisotopic (exact) mass is 531 g/mol. The molecule has 0 aliphatic carbocycles. The van der Waals surface area contributed by atoms with Crippen LogP contribution in [-0.2, 0) is 10.5 Å². The van der Waals surface area contributed by atoms with Crippen LogP contribution in [0.15, 0.2) is 30.6 Å². The molecule has 3 heterocycles. The first-order chi connectivity index (χ1) is 17.0. The molecule has 1 aromatic carbocycles. The molecule has 4 atom stereocenters. The second-order valence-corrected chi connectivity index (χ2v) is 12.4. The van der Waals surface area contributed by atoms with Gasteiger partial charge in [-0.05, 0) is 37.0 Å². The zero-order valence-corrected chi connectivity index (χ0v) is 22.9. The molecule has 0 bridgehead atoms. The predicted molar refractivity (Wildman–Crippen MR) is 144 cm³/mol. The maximum absolute atomic E-state index is 13.9. The summed E-state index contributed by atoms with van der Waals surface area (Å²) in [6.45, 7) is 11.9. The van der Waals surface area contributed by atoms with E-state index in [9.17, 15) is 14.7 Å². The van der Waals surface area contributed by atoms with Crippen LogP contribution in [0.4, 0.5) is 10.6 Å². The molecule has 2 amide bonds. The largest absolute Gasteiger partial charge is 0.465 e. The fourth-order valence-electron chi connectivity index (χ4n) is 5.42. The molecule has 0 saturated carbocycles. The minimum Gasteiger partial charge on any atom is -0.465 e. The van der Waals surface area contributed by atoms with E-state index in [2.05, 4.69) is 34.0 Å². The van der Waals surface area contributed by atoms with Gasteiger partial charge in [-0.2, -0.15) is 0 Å². The van der Waals surface area contributed by atoms with Crippen molar-refractivity contribution in [3.63, 3.8) is 0 Å². The van der Waals surface area contributed by atoms with Gasteiger partial charge in [0.15, 0.2) is 0 Å². The lowest BCUT2D eigenvalue weighted by atomic mass is 9.71. The van der Waals surface area contributed by atoms with Gasteiger partial charge >= 0.3 is 6.09 Å². The maximum atomic E-state index is 13.9. The number of carboxylic acid groups (broad SMARTS) is 1. The van der Waals surface area contributed by atoms with Crippen molar-refractivity contribution in [3.05, 3.63) is 52.4 Å². The van der Waals surface area contributed by atoms with Crippen molar-refractivity contribution < 1.29 is 14.7 Å². The molecule has 2 N–H and O–H groups in total. The molecule has 2 aromatic rings. The molecule has 0 spiro atoms. The third kappa shape index (κ3) is 5.42. The maximum Gasteiger partial charge on any atom is 0.405 e. The minimum absolute atomic E-state index is 0.0218. The van der Waals surface area contributed by atoms with Crippen LogP contribution in [-0.4, -0.2) is 63.7 Å². The van der Waals surface area contributed by atoms with Crippen molar-refractivity contribution in [2.75, 3.05) is 24.5 Å². The molecule has 36 heavy (non-hydrogen) atoms. The van der Waals surface area contributed by atoms with Crippen molar-refractivity contribution in [3.8, 4) is 0 Å². The molecule has 4 rings (SSSR count). The highest BCUT2D eigenvalue weighted by atomic mass is 35.5. The number of anilines is 1. The van der Waals surface area contributed by atoms with E-state index >= 15 is 0 Å². The molecule has 1 unspecified atom stereocenters. The summed E-state index contributed by atoms with van der Waals surface area (Å²) < 4.78 is 0. The average molecular weight is 532 g/mol. The summed E-state index contributed by atoms with van der Waals surface area (Å²) in [7, 11) is 0. The van der Waals surface area contributed by atoms with Crippen LogP contribution in [0.2, 0.25) is 5.02 Å². The van der Waals surface area contributed by atoms with E-state index in [1.807, 2.05) is 44.7 Å². The van der Waals surface area contributed by atoms with Gasteiger partial charge in [-0.3, -0.25) is 4.79 Å². The Morgan fingerprint density at radius 2 is 1.86 bits per heavy atom. The average Bonchev–Trinajstić information content (AvgIpc) is 3.19. The number of amides is 2. The van der Waals surface area contributed by atoms with Crippen molar-refractivity contribution in [2.45, 2.75) is 63.6 Å². The van der Waals surface area contributed by atoms with E-state index in [0.29, 0.717) is 29.9 Å². The molecule has 194 valence electrons. The number of nitrogens with one attached hydrogen (secondary N) is 1. The molecule has 2 aliphatic rings. The highest BCUT2D eigenvalue weighted by molar-refractivity contribution is 7.99. The lowest BCUT2D eigenvalue weighted by Gasteiger charge is -2.44. The summed E-state index contributed by atoms with van der Waals surface area (Å²) in [5.41, 5.74) is 2.76. The summed E-state index contributed by atoms with van der Waals surface area (Å²) in [5, 5.41) is 13.1. The Balaban J connectivity index is 1.59. The van der Waals surface area contributed by atoms with Crippen LogP contribution in [0.25, 0.3) is 0 Å². The SMILES string of the molecule is C[C@@H]1SCc2ncnc(N3CCN(C(=O)C(NC(=O)O)[C@@H](c4ccc(Cl)cc4)C(C)(C)C)C[C@@H]3C)c21. The molecule has 10 heteroatoms. The molecule has 2 aliphatic heterocycles. The van der Waals surface area contributed by atoms with Crippen molar-refractivity contribution in [2.24, 2.45) is 5.41 Å². The van der Waals surface area contributed by atoms with Crippen LogP contribution in [0.5, 0.6) is 0 Å². The van der Waals surface area contributed by atoms with Gasteiger partial charge in [-0.25, -0.2) is 14.8 Å². The van der Waals surface area contributed by atoms with Gasteiger partial charge in [0.25, 0.3) is 0 Å². The third-order valence-electron chi connectivity index (χ3n) is 7.07. The van der Waals surface area contributed by atoms with E-state index in [0.717, 1.165) is 22.8 Å². The van der Waals surface area contributed by atoms with E-state index in [-0.39, 0.29) is 23.3 Å². The number of thioether (sulfide) groups is 1. The molecular formula is C26H34ClN5O3S.